The topological polar surface area (TPSA) is 105 Å². The van der Waals surface area contributed by atoms with E-state index in [0.29, 0.717) is 42.8 Å². The van der Waals surface area contributed by atoms with E-state index >= 15 is 0 Å². The van der Waals surface area contributed by atoms with Gasteiger partial charge in [0.1, 0.15) is 9.81 Å². The van der Waals surface area contributed by atoms with E-state index in [9.17, 15) is 18.3 Å². The number of ether oxygens (including phenoxy) is 1. The number of hydrogen-bond acceptors (Lipinski definition) is 6. The molecule has 2 aromatic rings. The summed E-state index contributed by atoms with van der Waals surface area (Å²) in [6.45, 7) is 3.04. The Bertz CT molecular complexity index is 1160. The van der Waals surface area contributed by atoms with Gasteiger partial charge in [0.15, 0.2) is 0 Å². The van der Waals surface area contributed by atoms with Crippen LogP contribution in [0.5, 0.6) is 0 Å². The third-order valence-corrected chi connectivity index (χ3v) is 10.3. The number of fused-ring (bicyclic) bond motifs is 1. The number of carbonyl (C=O) groups is 1. The molecule has 0 unspecified atom stereocenters. The maximum absolute atomic E-state index is 12.9. The van der Waals surface area contributed by atoms with Crippen molar-refractivity contribution in [3.63, 3.8) is 0 Å². The van der Waals surface area contributed by atoms with Gasteiger partial charge in [-0.1, -0.05) is 19.1 Å². The maximum Gasteiger partial charge on any atom is 0.333 e. The molecule has 1 saturated carbocycles. The molecule has 1 aromatic carbocycles. The van der Waals surface area contributed by atoms with Crippen LogP contribution in [0.15, 0.2) is 28.5 Å². The third-order valence-electron chi connectivity index (χ3n) is 7.23. The number of amides is 2. The smallest absolute Gasteiger partial charge is 0.333 e. The van der Waals surface area contributed by atoms with Crippen LogP contribution in [0.2, 0.25) is 0 Å². The van der Waals surface area contributed by atoms with Crippen LogP contribution in [0.4, 0.5) is 10.5 Å². The predicted octanol–water partition coefficient (Wildman–Crippen LogP) is 4.26. The van der Waals surface area contributed by atoms with Gasteiger partial charge in [-0.25, -0.2) is 17.9 Å². The minimum absolute atomic E-state index is 0.0115. The van der Waals surface area contributed by atoms with Gasteiger partial charge in [0, 0.05) is 36.6 Å². The molecule has 3 aliphatic rings. The number of benzene rings is 1. The van der Waals surface area contributed by atoms with E-state index in [4.69, 9.17) is 4.74 Å². The van der Waals surface area contributed by atoms with Crippen LogP contribution >= 0.6 is 11.3 Å². The molecule has 1 saturated heterocycles. The molecule has 2 fully saturated rings. The zero-order valence-electron chi connectivity index (χ0n) is 18.7. The van der Waals surface area contributed by atoms with Crippen molar-refractivity contribution in [2.45, 2.75) is 67.6 Å². The fourth-order valence-corrected chi connectivity index (χ4v) is 7.40. The molecule has 0 bridgehead atoms. The van der Waals surface area contributed by atoms with E-state index in [1.54, 1.807) is 6.07 Å². The normalized spacial score (nSPS) is 20.8. The summed E-state index contributed by atoms with van der Waals surface area (Å²) in [6.07, 6.45) is 6.13. The Balaban J connectivity index is 1.35. The van der Waals surface area contributed by atoms with Crippen LogP contribution in [0.25, 0.3) is 0 Å². The van der Waals surface area contributed by atoms with Gasteiger partial charge in [0.05, 0.1) is 0 Å². The summed E-state index contributed by atoms with van der Waals surface area (Å²) < 4.78 is 33.4. The number of aryl methyl sites for hydroxylation is 1. The van der Waals surface area contributed by atoms with Gasteiger partial charge in [0.25, 0.3) is 10.0 Å². The number of sulfonamides is 1. The molecule has 7 nitrogen and oxygen atoms in total. The Hall–Kier alpha value is -1.94. The van der Waals surface area contributed by atoms with E-state index < -0.39 is 21.7 Å². The first-order valence-electron chi connectivity index (χ1n) is 11.7. The molecule has 0 spiro atoms. The monoisotopic (exact) mass is 490 g/mol. The second-order valence-corrected chi connectivity index (χ2v) is 12.5. The van der Waals surface area contributed by atoms with Gasteiger partial charge in [0.2, 0.25) is 0 Å². The van der Waals surface area contributed by atoms with Crippen molar-refractivity contribution < 1.29 is 23.1 Å². The number of thiophene rings is 1. The van der Waals surface area contributed by atoms with Gasteiger partial charge >= 0.3 is 6.03 Å². The molecule has 2 amide bonds. The number of nitrogens with one attached hydrogen (secondary N) is 2. The standard InChI is InChI=1S/C24H30N2O5S2/c1-15(16-5-6-16)18-8-7-17-3-2-4-19(17)22(18)25-23(27)26-33(29,30)21-10-9-20(32-21)24(28)11-13-31-14-12-24/h7-10,15-16,28H,2-6,11-14H2,1H3,(H2,25,26,27)/t15-/m0/s1. The molecule has 33 heavy (non-hydrogen) atoms. The first-order valence-corrected chi connectivity index (χ1v) is 14.0. The van der Waals surface area contributed by atoms with Crippen molar-refractivity contribution in [1.29, 1.82) is 0 Å². The Morgan fingerprint density at radius 3 is 2.67 bits per heavy atom. The van der Waals surface area contributed by atoms with E-state index in [1.807, 2.05) is 0 Å². The molecular formula is C24H30N2O5S2. The number of aliphatic hydroxyl groups is 1. The summed E-state index contributed by atoms with van der Waals surface area (Å²) in [5, 5.41) is 13.7. The minimum atomic E-state index is -4.06. The number of anilines is 1. The van der Waals surface area contributed by atoms with Gasteiger partial charge in [-0.15, -0.1) is 11.3 Å². The van der Waals surface area contributed by atoms with Gasteiger partial charge < -0.3 is 15.2 Å². The summed E-state index contributed by atoms with van der Waals surface area (Å²) in [7, 11) is -4.06. The predicted molar refractivity (Wildman–Crippen MR) is 127 cm³/mol. The van der Waals surface area contributed by atoms with E-state index in [1.165, 1.54) is 24.5 Å². The SMILES string of the molecule is C[C@H](c1ccc2c(c1NC(=O)NS(=O)(=O)c1ccc(C3(O)CCOCC3)s1)CCC2)C1CC1. The Morgan fingerprint density at radius 1 is 1.18 bits per heavy atom. The molecule has 2 heterocycles. The average Bonchev–Trinajstić information content (AvgIpc) is 3.28. The summed E-state index contributed by atoms with van der Waals surface area (Å²) >= 11 is 0.998. The summed E-state index contributed by atoms with van der Waals surface area (Å²) in [5.74, 6) is 0.945. The van der Waals surface area contributed by atoms with Gasteiger partial charge in [-0.2, -0.15) is 0 Å². The molecule has 3 N–H and O–H groups in total. The van der Waals surface area contributed by atoms with Crippen molar-refractivity contribution in [3.8, 4) is 0 Å². The lowest BCUT2D eigenvalue weighted by Crippen LogP contribution is -2.34. The van der Waals surface area contributed by atoms with Crippen molar-refractivity contribution >= 4 is 33.1 Å². The lowest BCUT2D eigenvalue weighted by atomic mass is 9.91. The van der Waals surface area contributed by atoms with Crippen molar-refractivity contribution in [1.82, 2.24) is 4.72 Å². The summed E-state index contributed by atoms with van der Waals surface area (Å²) in [6, 6.07) is 6.58. The molecule has 1 aromatic heterocycles. The highest BCUT2D eigenvalue weighted by Gasteiger charge is 2.35. The van der Waals surface area contributed by atoms with E-state index in [2.05, 4.69) is 29.1 Å². The van der Waals surface area contributed by atoms with Crippen LogP contribution in [0, 0.1) is 5.92 Å². The highest BCUT2D eigenvalue weighted by Crippen LogP contribution is 2.46. The molecule has 1 atom stereocenters. The number of rotatable bonds is 6. The van der Waals surface area contributed by atoms with Crippen LogP contribution in [-0.2, 0) is 33.2 Å². The zero-order chi connectivity index (χ0) is 23.2. The molecule has 178 valence electrons. The van der Waals surface area contributed by atoms with Gasteiger partial charge in [-0.05, 0) is 72.8 Å². The van der Waals surface area contributed by atoms with Crippen molar-refractivity contribution in [3.05, 3.63) is 45.8 Å². The third kappa shape index (κ3) is 4.56. The zero-order valence-corrected chi connectivity index (χ0v) is 20.4. The fourth-order valence-electron chi connectivity index (χ4n) is 5.04. The Labute approximate surface area is 198 Å². The summed E-state index contributed by atoms with van der Waals surface area (Å²) in [5.41, 5.74) is 3.14. The maximum atomic E-state index is 12.9. The van der Waals surface area contributed by atoms with Crippen molar-refractivity contribution in [2.24, 2.45) is 5.92 Å². The second kappa shape index (κ2) is 8.69. The highest BCUT2D eigenvalue weighted by molar-refractivity contribution is 7.92. The van der Waals surface area contributed by atoms with Gasteiger partial charge in [-0.3, -0.25) is 0 Å². The quantitative estimate of drug-likeness (QED) is 0.561. The number of carbonyl (C=O) groups excluding carboxylic acids is 1. The minimum Gasteiger partial charge on any atom is -0.384 e. The van der Waals surface area contributed by atoms with Crippen LogP contribution in [0.3, 0.4) is 0 Å². The first kappa shape index (κ1) is 22.8. The molecule has 0 radical (unpaired) electrons. The largest absolute Gasteiger partial charge is 0.384 e. The Morgan fingerprint density at radius 2 is 1.94 bits per heavy atom. The van der Waals surface area contributed by atoms with Crippen LogP contribution < -0.4 is 10.0 Å². The van der Waals surface area contributed by atoms with E-state index in [0.717, 1.165) is 47.4 Å². The Kier molecular flexibility index (Phi) is 6.01. The van der Waals surface area contributed by atoms with Crippen molar-refractivity contribution in [2.75, 3.05) is 18.5 Å². The lowest BCUT2D eigenvalue weighted by molar-refractivity contribution is -0.0656. The number of urea groups is 1. The molecule has 1 aliphatic heterocycles. The fraction of sp³-hybridized carbons (Fsp3) is 0.542. The van der Waals surface area contributed by atoms with E-state index in [-0.39, 0.29) is 4.21 Å². The van der Waals surface area contributed by atoms with Crippen LogP contribution in [0.1, 0.15) is 66.5 Å². The van der Waals surface area contributed by atoms with Crippen LogP contribution in [-0.4, -0.2) is 32.8 Å². The summed E-state index contributed by atoms with van der Waals surface area (Å²) in [4.78, 5) is 13.4. The highest BCUT2D eigenvalue weighted by atomic mass is 32.2. The average molecular weight is 491 g/mol. The molecule has 5 rings (SSSR count). The number of hydrogen-bond donors (Lipinski definition) is 3. The first-order chi connectivity index (χ1) is 15.8. The molecule has 2 aliphatic carbocycles. The second-order valence-electron chi connectivity index (χ2n) is 9.47. The molecule has 9 heteroatoms. The molecular weight excluding hydrogens is 460 g/mol. The lowest BCUT2D eigenvalue weighted by Gasteiger charge is -2.30.